The van der Waals surface area contributed by atoms with Gasteiger partial charge in [-0.2, -0.15) is 26.3 Å². The highest BCUT2D eigenvalue weighted by Crippen LogP contribution is 2.36. The van der Waals surface area contributed by atoms with E-state index in [0.717, 1.165) is 6.54 Å². The molecule has 0 fully saturated rings. The van der Waals surface area contributed by atoms with Crippen LogP contribution in [0, 0.1) is 0 Å². The molecule has 0 spiro atoms. The standard InChI is InChI=1S/C15H17ClN4O2.C10H9F6N/c1-20(2)8-7-17-15-18-9-11(13(19-15)14(21)22)10-5-3-4-6-12(10)16;1-17-5-6-2-7(9(11,12)13)4-8(3-6)10(14,15)16/h3-6,9H,7-8H2,1-2H3,(H,21,22)(H,17,18,19);2-4,17H,5H2,1H3. The van der Waals surface area contributed by atoms with E-state index < -0.39 is 29.4 Å². The molecule has 7 nitrogen and oxygen atoms in total. The number of carbonyl (C=O) groups is 1. The fraction of sp³-hybridized carbons (Fsp3) is 0.320. The van der Waals surface area contributed by atoms with Crippen molar-refractivity contribution in [3.8, 4) is 11.1 Å². The van der Waals surface area contributed by atoms with Gasteiger partial charge < -0.3 is 20.6 Å². The van der Waals surface area contributed by atoms with Crippen molar-refractivity contribution in [2.45, 2.75) is 18.9 Å². The van der Waals surface area contributed by atoms with Crippen LogP contribution in [0.5, 0.6) is 0 Å². The Hall–Kier alpha value is -3.42. The molecule has 0 aliphatic rings. The van der Waals surface area contributed by atoms with E-state index in [4.69, 9.17) is 11.6 Å². The average Bonchev–Trinajstić information content (AvgIpc) is 2.83. The SMILES string of the molecule is CN(C)CCNc1ncc(-c2ccccc2Cl)c(C(=O)O)n1.CNCc1cc(C(F)(F)F)cc(C(F)(F)F)c1. The molecule has 3 aromatic rings. The number of carboxylic acids is 1. The summed E-state index contributed by atoms with van der Waals surface area (Å²) in [5.41, 5.74) is -1.72. The van der Waals surface area contributed by atoms with Gasteiger partial charge in [0, 0.05) is 42.0 Å². The van der Waals surface area contributed by atoms with Gasteiger partial charge >= 0.3 is 18.3 Å². The molecule has 0 saturated heterocycles. The molecule has 0 atom stereocenters. The first kappa shape index (κ1) is 31.8. The van der Waals surface area contributed by atoms with Crippen LogP contribution in [0.15, 0.2) is 48.7 Å². The Morgan fingerprint density at radius 3 is 2.08 bits per heavy atom. The van der Waals surface area contributed by atoms with Crippen molar-refractivity contribution in [2.24, 2.45) is 0 Å². The third-order valence-corrected chi connectivity index (χ3v) is 5.36. The summed E-state index contributed by atoms with van der Waals surface area (Å²) >= 11 is 6.12. The number of nitrogens with zero attached hydrogens (tertiary/aromatic N) is 3. The molecule has 39 heavy (non-hydrogen) atoms. The molecular weight excluding hydrogens is 552 g/mol. The largest absolute Gasteiger partial charge is 0.476 e. The summed E-state index contributed by atoms with van der Waals surface area (Å²) in [6.07, 6.45) is -8.09. The smallest absolute Gasteiger partial charge is 0.416 e. The lowest BCUT2D eigenvalue weighted by atomic mass is 10.0. The second kappa shape index (κ2) is 13.6. The quantitative estimate of drug-likeness (QED) is 0.287. The molecule has 0 bridgehead atoms. The number of benzene rings is 2. The van der Waals surface area contributed by atoms with Crippen molar-refractivity contribution in [3.63, 3.8) is 0 Å². The van der Waals surface area contributed by atoms with Gasteiger partial charge in [0.1, 0.15) is 0 Å². The van der Waals surface area contributed by atoms with E-state index in [2.05, 4.69) is 20.6 Å². The average molecular weight is 578 g/mol. The van der Waals surface area contributed by atoms with Crippen LogP contribution in [0.2, 0.25) is 5.02 Å². The van der Waals surface area contributed by atoms with Crippen molar-refractivity contribution in [2.75, 3.05) is 39.5 Å². The van der Waals surface area contributed by atoms with Gasteiger partial charge in [-0.25, -0.2) is 14.8 Å². The normalized spacial score (nSPS) is 11.7. The molecule has 212 valence electrons. The molecule has 0 aliphatic heterocycles. The molecular formula is C25H26ClF6N5O2. The van der Waals surface area contributed by atoms with Gasteiger partial charge in [-0.15, -0.1) is 0 Å². The number of halogens is 7. The minimum atomic E-state index is -4.79. The van der Waals surface area contributed by atoms with Gasteiger partial charge in [0.25, 0.3) is 0 Å². The topological polar surface area (TPSA) is 90.4 Å². The maximum absolute atomic E-state index is 12.4. The highest BCUT2D eigenvalue weighted by Gasteiger charge is 2.36. The Morgan fingerprint density at radius 2 is 1.59 bits per heavy atom. The lowest BCUT2D eigenvalue weighted by Gasteiger charge is -2.13. The van der Waals surface area contributed by atoms with Crippen molar-refractivity contribution in [3.05, 3.63) is 76.1 Å². The lowest BCUT2D eigenvalue weighted by molar-refractivity contribution is -0.143. The maximum Gasteiger partial charge on any atom is 0.416 e. The Morgan fingerprint density at radius 1 is 1.00 bits per heavy atom. The molecule has 2 aromatic carbocycles. The number of likely N-dealkylation sites (N-methyl/N-ethyl adjacent to an activating group) is 1. The zero-order valence-electron chi connectivity index (χ0n) is 21.1. The second-order valence-electron chi connectivity index (χ2n) is 8.42. The number of carboxylic acid groups (broad SMARTS) is 1. The number of anilines is 1. The van der Waals surface area contributed by atoms with Crippen LogP contribution in [0.1, 0.15) is 27.2 Å². The summed E-state index contributed by atoms with van der Waals surface area (Å²) in [6.45, 7) is 1.35. The van der Waals surface area contributed by atoms with Crippen molar-refractivity contribution in [1.82, 2.24) is 20.2 Å². The first-order chi connectivity index (χ1) is 18.1. The zero-order valence-corrected chi connectivity index (χ0v) is 21.8. The Kier molecular flexibility index (Phi) is 11.1. The highest BCUT2D eigenvalue weighted by atomic mass is 35.5. The molecule has 1 aromatic heterocycles. The van der Waals surface area contributed by atoms with Crippen LogP contribution < -0.4 is 10.6 Å². The predicted molar refractivity (Wildman–Crippen MR) is 136 cm³/mol. The number of alkyl halides is 6. The molecule has 14 heteroatoms. The van der Waals surface area contributed by atoms with E-state index in [-0.39, 0.29) is 29.8 Å². The second-order valence-corrected chi connectivity index (χ2v) is 8.82. The Labute approximate surface area is 225 Å². The molecule has 0 aliphatic carbocycles. The number of hydrogen-bond donors (Lipinski definition) is 3. The molecule has 0 amide bonds. The summed E-state index contributed by atoms with van der Waals surface area (Å²) in [7, 11) is 5.34. The van der Waals surface area contributed by atoms with Gasteiger partial charge in [0.15, 0.2) is 5.69 Å². The van der Waals surface area contributed by atoms with E-state index in [1.54, 1.807) is 24.3 Å². The number of hydrogen-bond acceptors (Lipinski definition) is 6. The Balaban J connectivity index is 0.000000283. The van der Waals surface area contributed by atoms with E-state index in [9.17, 15) is 36.2 Å². The number of aromatic carboxylic acids is 1. The molecule has 3 rings (SSSR count). The van der Waals surface area contributed by atoms with Gasteiger partial charge in [-0.3, -0.25) is 0 Å². The van der Waals surface area contributed by atoms with Crippen molar-refractivity contribution < 1.29 is 36.2 Å². The summed E-state index contributed by atoms with van der Waals surface area (Å²) in [4.78, 5) is 21.7. The maximum atomic E-state index is 12.4. The van der Waals surface area contributed by atoms with E-state index >= 15 is 0 Å². The van der Waals surface area contributed by atoms with Crippen molar-refractivity contribution >= 4 is 23.5 Å². The van der Waals surface area contributed by atoms with Crippen LogP contribution >= 0.6 is 11.6 Å². The minimum absolute atomic E-state index is 0.0605. The van der Waals surface area contributed by atoms with Gasteiger partial charge in [0.05, 0.1) is 11.1 Å². The fourth-order valence-corrected chi connectivity index (χ4v) is 3.46. The Bertz CT molecular complexity index is 1240. The van der Waals surface area contributed by atoms with E-state index in [0.29, 0.717) is 34.8 Å². The molecule has 0 unspecified atom stereocenters. The summed E-state index contributed by atoms with van der Waals surface area (Å²) in [5.74, 6) is -0.831. The number of nitrogens with one attached hydrogen (secondary N) is 2. The third kappa shape index (κ3) is 9.68. The highest BCUT2D eigenvalue weighted by molar-refractivity contribution is 6.33. The third-order valence-electron chi connectivity index (χ3n) is 5.03. The van der Waals surface area contributed by atoms with E-state index in [1.165, 1.54) is 13.2 Å². The summed E-state index contributed by atoms with van der Waals surface area (Å²) in [6, 6.07) is 8.52. The fourth-order valence-electron chi connectivity index (χ4n) is 3.22. The van der Waals surface area contributed by atoms with Gasteiger partial charge in [0.2, 0.25) is 5.95 Å². The summed E-state index contributed by atoms with van der Waals surface area (Å²) in [5, 5.41) is 15.4. The van der Waals surface area contributed by atoms with Crippen LogP contribution in [0.25, 0.3) is 11.1 Å². The molecule has 0 saturated carbocycles. The summed E-state index contributed by atoms with van der Waals surface area (Å²) < 4.78 is 74.3. The molecule has 1 heterocycles. The zero-order chi connectivity index (χ0) is 29.4. The first-order valence-corrected chi connectivity index (χ1v) is 11.7. The monoisotopic (exact) mass is 577 g/mol. The molecule has 0 radical (unpaired) electrons. The first-order valence-electron chi connectivity index (χ1n) is 11.3. The van der Waals surface area contributed by atoms with Crippen LogP contribution in [0.4, 0.5) is 32.3 Å². The van der Waals surface area contributed by atoms with E-state index in [1.807, 2.05) is 19.0 Å². The van der Waals surface area contributed by atoms with Crippen molar-refractivity contribution in [1.29, 1.82) is 0 Å². The minimum Gasteiger partial charge on any atom is -0.476 e. The number of rotatable bonds is 8. The van der Waals surface area contributed by atoms with Gasteiger partial charge in [-0.05, 0) is 51.0 Å². The van der Waals surface area contributed by atoms with Gasteiger partial charge in [-0.1, -0.05) is 29.8 Å². The predicted octanol–water partition coefficient (Wildman–Crippen LogP) is 5.91. The van der Waals surface area contributed by atoms with Crippen LogP contribution in [-0.4, -0.2) is 60.2 Å². The molecule has 3 N–H and O–H groups in total. The number of aromatic nitrogens is 2. The van der Waals surface area contributed by atoms with Crippen LogP contribution in [-0.2, 0) is 18.9 Å². The lowest BCUT2D eigenvalue weighted by Crippen LogP contribution is -2.22. The van der Waals surface area contributed by atoms with Crippen LogP contribution in [0.3, 0.4) is 0 Å².